The summed E-state index contributed by atoms with van der Waals surface area (Å²) >= 11 is 0. The second kappa shape index (κ2) is 6.52. The molecule has 0 aromatic heterocycles. The number of unbranched alkanes of at least 4 members (excludes halogenated alkanes) is 1. The van der Waals surface area contributed by atoms with Crippen LogP contribution in [0.25, 0.3) is 0 Å². The van der Waals surface area contributed by atoms with Gasteiger partial charge in [0, 0.05) is 6.54 Å². The van der Waals surface area contributed by atoms with E-state index in [0.29, 0.717) is 12.2 Å². The van der Waals surface area contributed by atoms with Crippen LogP contribution in [0, 0.1) is 0 Å². The first kappa shape index (κ1) is 14.5. The molecule has 5 nitrogen and oxygen atoms in total. The molecule has 0 bridgehead atoms. The predicted molar refractivity (Wildman–Crippen MR) is 76.4 cm³/mol. The SMILES string of the molecule is C[C@@H](O)CCCCN1CC(=O)N(c2ccccc2)C1=O. The molecule has 0 saturated carbocycles. The Morgan fingerprint density at radius 3 is 2.55 bits per heavy atom. The zero-order valence-electron chi connectivity index (χ0n) is 11.7. The number of aliphatic hydroxyl groups excluding tert-OH is 1. The van der Waals surface area contributed by atoms with Crippen molar-refractivity contribution in [2.24, 2.45) is 0 Å². The number of benzene rings is 1. The van der Waals surface area contributed by atoms with E-state index in [-0.39, 0.29) is 24.6 Å². The zero-order chi connectivity index (χ0) is 14.5. The predicted octanol–water partition coefficient (Wildman–Crippen LogP) is 2.01. The Hall–Kier alpha value is -1.88. The van der Waals surface area contributed by atoms with Crippen LogP contribution in [0.3, 0.4) is 0 Å². The van der Waals surface area contributed by atoms with Gasteiger partial charge in [0.05, 0.1) is 11.8 Å². The van der Waals surface area contributed by atoms with E-state index in [4.69, 9.17) is 0 Å². The number of nitrogens with zero attached hydrogens (tertiary/aromatic N) is 2. The first-order valence-electron chi connectivity index (χ1n) is 6.94. The summed E-state index contributed by atoms with van der Waals surface area (Å²) in [4.78, 5) is 27.0. The molecule has 1 aliphatic heterocycles. The van der Waals surface area contributed by atoms with Gasteiger partial charge < -0.3 is 10.0 Å². The van der Waals surface area contributed by atoms with Crippen molar-refractivity contribution in [1.82, 2.24) is 4.90 Å². The summed E-state index contributed by atoms with van der Waals surface area (Å²) in [6, 6.07) is 8.72. The molecule has 1 heterocycles. The van der Waals surface area contributed by atoms with Gasteiger partial charge in [0.2, 0.25) is 0 Å². The molecular weight excluding hydrogens is 256 g/mol. The molecule has 1 aliphatic rings. The molecule has 0 unspecified atom stereocenters. The second-order valence-electron chi connectivity index (χ2n) is 5.11. The van der Waals surface area contributed by atoms with Crippen LogP contribution in [-0.4, -0.2) is 41.1 Å². The van der Waals surface area contributed by atoms with Gasteiger partial charge in [0.15, 0.2) is 0 Å². The normalized spacial score (nSPS) is 16.9. The van der Waals surface area contributed by atoms with Gasteiger partial charge in [0.1, 0.15) is 6.54 Å². The number of anilines is 1. The highest BCUT2D eigenvalue weighted by Gasteiger charge is 2.36. The van der Waals surface area contributed by atoms with Crippen LogP contribution in [0.1, 0.15) is 26.2 Å². The minimum atomic E-state index is -0.313. The lowest BCUT2D eigenvalue weighted by Crippen LogP contribution is -2.33. The van der Waals surface area contributed by atoms with Gasteiger partial charge in [-0.25, -0.2) is 9.69 Å². The number of carbonyl (C=O) groups is 2. The molecule has 0 radical (unpaired) electrons. The van der Waals surface area contributed by atoms with Crippen molar-refractivity contribution < 1.29 is 14.7 Å². The quantitative estimate of drug-likeness (QED) is 0.638. The molecule has 1 saturated heterocycles. The van der Waals surface area contributed by atoms with E-state index >= 15 is 0 Å². The van der Waals surface area contributed by atoms with E-state index in [1.807, 2.05) is 6.07 Å². The molecule has 2 rings (SSSR count). The highest BCUT2D eigenvalue weighted by atomic mass is 16.3. The van der Waals surface area contributed by atoms with Crippen molar-refractivity contribution in [3.63, 3.8) is 0 Å². The van der Waals surface area contributed by atoms with E-state index in [0.717, 1.165) is 19.3 Å². The van der Waals surface area contributed by atoms with Crippen LogP contribution < -0.4 is 4.90 Å². The highest BCUT2D eigenvalue weighted by molar-refractivity contribution is 6.19. The van der Waals surface area contributed by atoms with Crippen LogP contribution in [0.15, 0.2) is 30.3 Å². The van der Waals surface area contributed by atoms with E-state index < -0.39 is 0 Å². The lowest BCUT2D eigenvalue weighted by Gasteiger charge is -2.17. The maximum absolute atomic E-state index is 12.2. The third-order valence-electron chi connectivity index (χ3n) is 3.35. The number of imide groups is 1. The molecule has 1 aromatic rings. The Morgan fingerprint density at radius 2 is 1.90 bits per heavy atom. The fourth-order valence-electron chi connectivity index (χ4n) is 2.30. The van der Waals surface area contributed by atoms with Gasteiger partial charge in [-0.15, -0.1) is 0 Å². The third-order valence-corrected chi connectivity index (χ3v) is 3.35. The Kier molecular flexibility index (Phi) is 4.74. The Labute approximate surface area is 118 Å². The van der Waals surface area contributed by atoms with Gasteiger partial charge in [-0.2, -0.15) is 0 Å². The molecule has 0 spiro atoms. The van der Waals surface area contributed by atoms with Crippen molar-refractivity contribution in [3.05, 3.63) is 30.3 Å². The topological polar surface area (TPSA) is 60.9 Å². The minimum Gasteiger partial charge on any atom is -0.393 e. The number of hydrogen-bond acceptors (Lipinski definition) is 3. The van der Waals surface area contributed by atoms with Crippen molar-refractivity contribution in [3.8, 4) is 0 Å². The number of urea groups is 1. The van der Waals surface area contributed by atoms with Gasteiger partial charge in [0.25, 0.3) is 5.91 Å². The molecule has 1 aromatic carbocycles. The number of amides is 3. The number of para-hydroxylation sites is 1. The van der Waals surface area contributed by atoms with Crippen molar-refractivity contribution in [2.75, 3.05) is 18.0 Å². The van der Waals surface area contributed by atoms with E-state index in [1.165, 1.54) is 4.90 Å². The Bertz CT molecular complexity index is 473. The molecular formula is C15H20N2O3. The number of carbonyl (C=O) groups excluding carboxylic acids is 2. The smallest absolute Gasteiger partial charge is 0.331 e. The van der Waals surface area contributed by atoms with Crippen molar-refractivity contribution in [1.29, 1.82) is 0 Å². The largest absolute Gasteiger partial charge is 0.393 e. The average molecular weight is 276 g/mol. The van der Waals surface area contributed by atoms with Crippen LogP contribution in [0.4, 0.5) is 10.5 Å². The molecule has 1 N–H and O–H groups in total. The third kappa shape index (κ3) is 3.36. The molecule has 20 heavy (non-hydrogen) atoms. The maximum atomic E-state index is 12.2. The lowest BCUT2D eigenvalue weighted by atomic mass is 10.2. The summed E-state index contributed by atoms with van der Waals surface area (Å²) in [5, 5.41) is 9.19. The molecule has 1 fully saturated rings. The molecule has 108 valence electrons. The summed E-state index contributed by atoms with van der Waals surface area (Å²) in [6.07, 6.45) is 2.05. The maximum Gasteiger partial charge on any atom is 0.331 e. The van der Waals surface area contributed by atoms with Crippen LogP contribution in [-0.2, 0) is 4.79 Å². The van der Waals surface area contributed by atoms with E-state index in [2.05, 4.69) is 0 Å². The van der Waals surface area contributed by atoms with Gasteiger partial charge in [-0.1, -0.05) is 18.2 Å². The number of hydrogen-bond donors (Lipinski definition) is 1. The van der Waals surface area contributed by atoms with Gasteiger partial charge in [-0.3, -0.25) is 4.79 Å². The zero-order valence-corrected chi connectivity index (χ0v) is 11.7. The lowest BCUT2D eigenvalue weighted by molar-refractivity contribution is -0.116. The summed E-state index contributed by atoms with van der Waals surface area (Å²) in [5.41, 5.74) is 0.619. The number of rotatable bonds is 6. The Morgan fingerprint density at radius 1 is 1.20 bits per heavy atom. The second-order valence-corrected chi connectivity index (χ2v) is 5.11. The average Bonchev–Trinajstić information content (AvgIpc) is 2.70. The van der Waals surface area contributed by atoms with E-state index in [9.17, 15) is 14.7 Å². The molecule has 0 aliphatic carbocycles. The van der Waals surface area contributed by atoms with E-state index in [1.54, 1.807) is 36.1 Å². The molecule has 3 amide bonds. The first-order valence-corrected chi connectivity index (χ1v) is 6.94. The fourth-order valence-corrected chi connectivity index (χ4v) is 2.30. The molecule has 1 atom stereocenters. The summed E-state index contributed by atoms with van der Waals surface area (Å²) < 4.78 is 0. The number of aliphatic hydroxyl groups is 1. The minimum absolute atomic E-state index is 0.141. The van der Waals surface area contributed by atoms with Crippen LogP contribution in [0.2, 0.25) is 0 Å². The first-order chi connectivity index (χ1) is 9.59. The monoisotopic (exact) mass is 276 g/mol. The summed E-state index contributed by atoms with van der Waals surface area (Å²) in [6.45, 7) is 2.45. The standard InChI is InChI=1S/C15H20N2O3/c1-12(18)7-5-6-10-16-11-14(19)17(15(16)20)13-8-3-2-4-9-13/h2-4,8-9,12,18H,5-7,10-11H2,1H3/t12-/m1/s1. The van der Waals surface area contributed by atoms with Crippen molar-refractivity contribution >= 4 is 17.6 Å². The van der Waals surface area contributed by atoms with Gasteiger partial charge in [-0.05, 0) is 38.3 Å². The van der Waals surface area contributed by atoms with Crippen molar-refractivity contribution in [2.45, 2.75) is 32.3 Å². The Balaban J connectivity index is 1.92. The highest BCUT2D eigenvalue weighted by Crippen LogP contribution is 2.21. The fraction of sp³-hybridized carbons (Fsp3) is 0.467. The summed E-state index contributed by atoms with van der Waals surface area (Å²) in [7, 11) is 0. The molecule has 5 heteroatoms. The summed E-state index contributed by atoms with van der Waals surface area (Å²) in [5.74, 6) is -0.184. The van der Waals surface area contributed by atoms with Crippen LogP contribution in [0.5, 0.6) is 0 Å². The van der Waals surface area contributed by atoms with Gasteiger partial charge >= 0.3 is 6.03 Å². The van der Waals surface area contributed by atoms with Crippen LogP contribution >= 0.6 is 0 Å².